The van der Waals surface area contributed by atoms with Gasteiger partial charge in [0.1, 0.15) is 10.4 Å². The molecule has 0 atom stereocenters. The third-order valence-corrected chi connectivity index (χ3v) is 2.76. The number of aromatic nitrogens is 3. The van der Waals surface area contributed by atoms with Crippen molar-refractivity contribution in [2.24, 2.45) is 0 Å². The normalized spacial score (nSPS) is 10.6. The summed E-state index contributed by atoms with van der Waals surface area (Å²) in [4.78, 5) is 12.5. The largest absolute Gasteiger partial charge is 0.475 e. The SMILES string of the molecule is CC(C)Oc1ncccc1CNc1nc(N)cc(Br)n1. The maximum Gasteiger partial charge on any atom is 0.225 e. The Balaban J connectivity index is 2.10. The molecule has 0 amide bonds. The van der Waals surface area contributed by atoms with Gasteiger partial charge in [-0.15, -0.1) is 0 Å². The van der Waals surface area contributed by atoms with Crippen LogP contribution in [0.1, 0.15) is 19.4 Å². The lowest BCUT2D eigenvalue weighted by atomic mass is 10.2. The van der Waals surface area contributed by atoms with Crippen LogP contribution in [0.3, 0.4) is 0 Å². The summed E-state index contributed by atoms with van der Waals surface area (Å²) < 4.78 is 6.29. The lowest BCUT2D eigenvalue weighted by molar-refractivity contribution is 0.230. The maximum absolute atomic E-state index is 5.67. The molecule has 0 aromatic carbocycles. The first-order chi connectivity index (χ1) is 9.54. The van der Waals surface area contributed by atoms with Gasteiger partial charge in [0.25, 0.3) is 0 Å². The number of halogens is 1. The van der Waals surface area contributed by atoms with Gasteiger partial charge in [-0.3, -0.25) is 0 Å². The average Bonchev–Trinajstić information content (AvgIpc) is 2.36. The second-order valence-corrected chi connectivity index (χ2v) is 5.24. The van der Waals surface area contributed by atoms with Crippen molar-refractivity contribution in [2.75, 3.05) is 11.1 Å². The Kier molecular flexibility index (Phi) is 4.73. The Morgan fingerprint density at radius 3 is 2.90 bits per heavy atom. The molecule has 6 nitrogen and oxygen atoms in total. The highest BCUT2D eigenvalue weighted by Crippen LogP contribution is 2.18. The van der Waals surface area contributed by atoms with Gasteiger partial charge in [0.2, 0.25) is 11.8 Å². The summed E-state index contributed by atoms with van der Waals surface area (Å²) in [5.74, 6) is 1.47. The van der Waals surface area contributed by atoms with E-state index >= 15 is 0 Å². The zero-order valence-corrected chi connectivity index (χ0v) is 12.9. The number of pyridine rings is 1. The molecule has 20 heavy (non-hydrogen) atoms. The van der Waals surface area contributed by atoms with Gasteiger partial charge in [-0.25, -0.2) is 9.97 Å². The predicted molar refractivity (Wildman–Crippen MR) is 81.5 cm³/mol. The monoisotopic (exact) mass is 337 g/mol. The Morgan fingerprint density at radius 2 is 2.20 bits per heavy atom. The molecule has 2 aromatic rings. The summed E-state index contributed by atoms with van der Waals surface area (Å²) >= 11 is 3.28. The van der Waals surface area contributed by atoms with Crippen molar-refractivity contribution in [1.29, 1.82) is 0 Å². The number of nitrogens with one attached hydrogen (secondary N) is 1. The van der Waals surface area contributed by atoms with E-state index in [1.807, 2.05) is 26.0 Å². The molecule has 0 radical (unpaired) electrons. The minimum absolute atomic E-state index is 0.0708. The molecule has 0 saturated heterocycles. The second kappa shape index (κ2) is 6.51. The minimum Gasteiger partial charge on any atom is -0.475 e. The minimum atomic E-state index is 0.0708. The fraction of sp³-hybridized carbons (Fsp3) is 0.308. The molecule has 0 aliphatic heterocycles. The van der Waals surface area contributed by atoms with Crippen molar-refractivity contribution in [3.8, 4) is 5.88 Å². The average molecular weight is 338 g/mol. The van der Waals surface area contributed by atoms with Gasteiger partial charge in [-0.1, -0.05) is 6.07 Å². The second-order valence-electron chi connectivity index (χ2n) is 4.43. The molecule has 0 saturated carbocycles. The zero-order valence-electron chi connectivity index (χ0n) is 11.3. The van der Waals surface area contributed by atoms with Crippen molar-refractivity contribution in [1.82, 2.24) is 15.0 Å². The Bertz CT molecular complexity index is 570. The molecule has 106 valence electrons. The van der Waals surface area contributed by atoms with Crippen LogP contribution >= 0.6 is 15.9 Å². The Labute approximate surface area is 125 Å². The van der Waals surface area contributed by atoms with Crippen molar-refractivity contribution < 1.29 is 4.74 Å². The first-order valence-electron chi connectivity index (χ1n) is 6.19. The van der Waals surface area contributed by atoms with Crippen LogP contribution in [0.2, 0.25) is 0 Å². The number of rotatable bonds is 5. The summed E-state index contributed by atoms with van der Waals surface area (Å²) in [7, 11) is 0. The molecule has 0 unspecified atom stereocenters. The zero-order chi connectivity index (χ0) is 14.5. The molecule has 0 bridgehead atoms. The number of anilines is 2. The van der Waals surface area contributed by atoms with Crippen LogP contribution in [0.15, 0.2) is 29.0 Å². The van der Waals surface area contributed by atoms with E-state index in [-0.39, 0.29) is 6.10 Å². The van der Waals surface area contributed by atoms with E-state index in [1.54, 1.807) is 12.3 Å². The number of hydrogen-bond donors (Lipinski definition) is 2. The quantitative estimate of drug-likeness (QED) is 0.815. The Morgan fingerprint density at radius 1 is 1.40 bits per heavy atom. The van der Waals surface area contributed by atoms with E-state index in [1.165, 1.54) is 0 Å². The molecule has 2 rings (SSSR count). The van der Waals surface area contributed by atoms with Crippen LogP contribution in [0.5, 0.6) is 5.88 Å². The molecule has 0 spiro atoms. The van der Waals surface area contributed by atoms with Gasteiger partial charge < -0.3 is 15.8 Å². The number of nitrogen functional groups attached to an aromatic ring is 1. The lowest BCUT2D eigenvalue weighted by Gasteiger charge is -2.13. The summed E-state index contributed by atoms with van der Waals surface area (Å²) in [6, 6.07) is 5.45. The third kappa shape index (κ3) is 4.06. The third-order valence-electron chi connectivity index (χ3n) is 2.35. The highest BCUT2D eigenvalue weighted by atomic mass is 79.9. The molecule has 2 heterocycles. The van der Waals surface area contributed by atoms with Gasteiger partial charge in [0, 0.05) is 24.4 Å². The molecule has 0 aliphatic carbocycles. The van der Waals surface area contributed by atoms with Gasteiger partial charge in [0.15, 0.2) is 0 Å². The lowest BCUT2D eigenvalue weighted by Crippen LogP contribution is -2.11. The summed E-state index contributed by atoms with van der Waals surface area (Å²) in [6.45, 7) is 4.43. The van der Waals surface area contributed by atoms with Crippen molar-refractivity contribution in [2.45, 2.75) is 26.5 Å². The fourth-order valence-electron chi connectivity index (χ4n) is 1.58. The Hall–Kier alpha value is -1.89. The molecule has 0 aliphatic rings. The smallest absolute Gasteiger partial charge is 0.225 e. The van der Waals surface area contributed by atoms with E-state index < -0.39 is 0 Å². The first kappa shape index (κ1) is 14.5. The number of nitrogens with two attached hydrogens (primary N) is 1. The maximum atomic E-state index is 5.67. The van der Waals surface area contributed by atoms with E-state index in [2.05, 4.69) is 36.2 Å². The van der Waals surface area contributed by atoms with Crippen molar-refractivity contribution >= 4 is 27.7 Å². The molecule has 0 fully saturated rings. The van der Waals surface area contributed by atoms with Crippen LogP contribution in [-0.4, -0.2) is 21.1 Å². The summed E-state index contributed by atoms with van der Waals surface area (Å²) in [5.41, 5.74) is 6.60. The number of ether oxygens (including phenoxy) is 1. The van der Waals surface area contributed by atoms with Crippen LogP contribution in [0.25, 0.3) is 0 Å². The van der Waals surface area contributed by atoms with Crippen LogP contribution in [0, 0.1) is 0 Å². The fourth-order valence-corrected chi connectivity index (χ4v) is 1.98. The molecule has 7 heteroatoms. The van der Waals surface area contributed by atoms with E-state index in [0.29, 0.717) is 28.8 Å². The molecule has 2 aromatic heterocycles. The van der Waals surface area contributed by atoms with E-state index in [0.717, 1.165) is 5.56 Å². The summed E-state index contributed by atoms with van der Waals surface area (Å²) in [5, 5.41) is 3.10. The summed E-state index contributed by atoms with van der Waals surface area (Å²) in [6.07, 6.45) is 1.77. The van der Waals surface area contributed by atoms with Crippen molar-refractivity contribution in [3.05, 3.63) is 34.6 Å². The van der Waals surface area contributed by atoms with Crippen molar-refractivity contribution in [3.63, 3.8) is 0 Å². The number of hydrogen-bond acceptors (Lipinski definition) is 6. The van der Waals surface area contributed by atoms with E-state index in [9.17, 15) is 0 Å². The van der Waals surface area contributed by atoms with Crippen LogP contribution in [-0.2, 0) is 6.54 Å². The van der Waals surface area contributed by atoms with Gasteiger partial charge in [-0.2, -0.15) is 4.98 Å². The first-order valence-corrected chi connectivity index (χ1v) is 6.98. The molecular weight excluding hydrogens is 322 g/mol. The van der Waals surface area contributed by atoms with Gasteiger partial charge >= 0.3 is 0 Å². The van der Waals surface area contributed by atoms with Gasteiger partial charge in [0.05, 0.1) is 6.10 Å². The molecular formula is C13H16BrN5O. The predicted octanol–water partition coefficient (Wildman–Crippen LogP) is 2.62. The highest BCUT2D eigenvalue weighted by molar-refractivity contribution is 9.10. The standard InChI is InChI=1S/C13H16BrN5O/c1-8(2)20-12-9(4-3-5-16-12)7-17-13-18-10(14)6-11(15)19-13/h3-6,8H,7H2,1-2H3,(H3,15,17,18,19). The topological polar surface area (TPSA) is 86.0 Å². The van der Waals surface area contributed by atoms with Gasteiger partial charge in [-0.05, 0) is 35.8 Å². The van der Waals surface area contributed by atoms with Crippen LogP contribution < -0.4 is 15.8 Å². The highest BCUT2D eigenvalue weighted by Gasteiger charge is 2.07. The van der Waals surface area contributed by atoms with E-state index in [4.69, 9.17) is 10.5 Å². The van der Waals surface area contributed by atoms with Crippen LogP contribution in [0.4, 0.5) is 11.8 Å². The molecule has 3 N–H and O–H groups in total. The number of nitrogens with zero attached hydrogens (tertiary/aromatic N) is 3.